The zero-order valence-corrected chi connectivity index (χ0v) is 27.9. The molecule has 2 aliphatic heterocycles. The first-order valence-corrected chi connectivity index (χ1v) is 16.2. The van der Waals surface area contributed by atoms with Crippen LogP contribution in [0.1, 0.15) is 55.6 Å². The number of pyridine rings is 1. The van der Waals surface area contributed by atoms with Crippen LogP contribution in [-0.2, 0) is 23.9 Å². The van der Waals surface area contributed by atoms with Gasteiger partial charge >= 0.3 is 12.1 Å². The lowest BCUT2D eigenvalue weighted by Gasteiger charge is -2.35. The number of ether oxygens (including phenoxy) is 2. The fourth-order valence-electron chi connectivity index (χ4n) is 5.80. The first-order valence-electron chi connectivity index (χ1n) is 16.2. The highest BCUT2D eigenvalue weighted by Crippen LogP contribution is 2.27. The maximum absolute atomic E-state index is 13.6. The van der Waals surface area contributed by atoms with Gasteiger partial charge in [-0.2, -0.15) is 0 Å². The van der Waals surface area contributed by atoms with E-state index in [1.165, 1.54) is 20.8 Å². The molecular weight excluding hydrogens is 624 g/mol. The van der Waals surface area contributed by atoms with E-state index in [4.69, 9.17) is 9.47 Å². The topological polar surface area (TPSA) is 179 Å². The number of carboxylic acid groups (broad SMARTS) is 1. The van der Waals surface area contributed by atoms with Crippen LogP contribution in [0.4, 0.5) is 4.79 Å². The number of likely N-dealkylation sites (tertiary alicyclic amines) is 1. The van der Waals surface area contributed by atoms with Crippen LogP contribution in [-0.4, -0.2) is 137 Å². The molecule has 2 aliphatic rings. The van der Waals surface area contributed by atoms with Gasteiger partial charge in [0, 0.05) is 64.2 Å². The van der Waals surface area contributed by atoms with E-state index >= 15 is 0 Å². The molecule has 1 aromatic heterocycles. The number of fused-ring (bicyclic) bond motifs is 1. The lowest BCUT2D eigenvalue weighted by molar-refractivity contribution is -0.144. The highest BCUT2D eigenvalue weighted by molar-refractivity contribution is 5.99. The van der Waals surface area contributed by atoms with Crippen molar-refractivity contribution in [3.05, 3.63) is 35.5 Å². The van der Waals surface area contributed by atoms with E-state index in [2.05, 4.69) is 10.3 Å². The molecule has 0 bridgehead atoms. The van der Waals surface area contributed by atoms with E-state index in [0.717, 1.165) is 5.56 Å². The molecule has 2 aromatic rings. The monoisotopic (exact) mass is 668 g/mol. The molecular formula is C33H44N6O9. The Morgan fingerprint density at radius 1 is 1.04 bits per heavy atom. The molecule has 15 nitrogen and oxygen atoms in total. The van der Waals surface area contributed by atoms with E-state index in [1.807, 2.05) is 19.9 Å². The van der Waals surface area contributed by atoms with Crippen molar-refractivity contribution in [1.29, 1.82) is 0 Å². The summed E-state index contributed by atoms with van der Waals surface area (Å²) in [5.74, 6) is -2.60. The van der Waals surface area contributed by atoms with Crippen LogP contribution >= 0.6 is 0 Å². The SMILES string of the molecule is CCOC(=O)N1CCN(C(=O)[C@H](CCC(=O)O)NC(=O)c2cc(OCC(=O)N3CCC[C@H]3C(=O)N(C)CC)c3ccc(C)cc3n2)CC1. The van der Waals surface area contributed by atoms with Crippen LogP contribution in [0, 0.1) is 6.92 Å². The van der Waals surface area contributed by atoms with E-state index in [0.29, 0.717) is 36.8 Å². The molecule has 2 saturated heterocycles. The third kappa shape index (κ3) is 8.69. The zero-order valence-electron chi connectivity index (χ0n) is 27.9. The Morgan fingerprint density at radius 3 is 2.42 bits per heavy atom. The number of carbonyl (C=O) groups excluding carboxylic acids is 5. The van der Waals surface area contributed by atoms with Crippen LogP contribution in [0.15, 0.2) is 24.3 Å². The Morgan fingerprint density at radius 2 is 1.75 bits per heavy atom. The van der Waals surface area contributed by atoms with Crippen LogP contribution in [0.2, 0.25) is 0 Å². The van der Waals surface area contributed by atoms with Gasteiger partial charge in [0.1, 0.15) is 23.5 Å². The van der Waals surface area contributed by atoms with Crippen molar-refractivity contribution in [2.24, 2.45) is 0 Å². The average molecular weight is 669 g/mol. The molecule has 0 radical (unpaired) electrons. The quantitative estimate of drug-likeness (QED) is 0.338. The summed E-state index contributed by atoms with van der Waals surface area (Å²) in [4.78, 5) is 87.3. The molecule has 3 heterocycles. The number of aryl methyl sites for hydroxylation is 1. The first kappa shape index (κ1) is 35.9. The fourth-order valence-corrected chi connectivity index (χ4v) is 5.80. The second-order valence-corrected chi connectivity index (χ2v) is 11.9. The number of aromatic nitrogens is 1. The number of carboxylic acids is 1. The van der Waals surface area contributed by atoms with Gasteiger partial charge in [-0.05, 0) is 57.7 Å². The van der Waals surface area contributed by atoms with Gasteiger partial charge in [-0.15, -0.1) is 0 Å². The Balaban J connectivity index is 1.52. The number of benzene rings is 1. The minimum atomic E-state index is -1.17. The molecule has 0 unspecified atom stereocenters. The van der Waals surface area contributed by atoms with Gasteiger partial charge in [0.25, 0.3) is 11.8 Å². The number of amides is 5. The Hall–Kier alpha value is -4.95. The fraction of sp³-hybridized carbons (Fsp3) is 0.545. The standard InChI is InChI=1S/C33H44N6O9/c1-5-36(4)32(45)26-8-7-13-39(26)28(40)20-48-27-19-25(34-24-18-21(3)9-10-22(24)27)30(43)35-23(11-12-29(41)42)31(44)37-14-16-38(17-15-37)33(46)47-6-2/h9-10,18-19,23,26H,5-8,11-17,20H2,1-4H3,(H,35,43)(H,41,42)/t23-,26-/m0/s1. The van der Waals surface area contributed by atoms with Gasteiger partial charge in [-0.25, -0.2) is 9.78 Å². The van der Waals surface area contributed by atoms with Crippen LogP contribution in [0.3, 0.4) is 0 Å². The highest BCUT2D eigenvalue weighted by Gasteiger charge is 2.36. The van der Waals surface area contributed by atoms with Gasteiger partial charge in [-0.1, -0.05) is 6.07 Å². The minimum Gasteiger partial charge on any atom is -0.483 e. The molecule has 48 heavy (non-hydrogen) atoms. The van der Waals surface area contributed by atoms with E-state index < -0.39 is 36.0 Å². The van der Waals surface area contributed by atoms with Crippen LogP contribution < -0.4 is 10.1 Å². The number of likely N-dealkylation sites (N-methyl/N-ethyl adjacent to an activating group) is 1. The second-order valence-electron chi connectivity index (χ2n) is 11.9. The van der Waals surface area contributed by atoms with Crippen LogP contribution in [0.25, 0.3) is 10.9 Å². The number of nitrogens with zero attached hydrogens (tertiary/aromatic N) is 5. The Kier molecular flexibility index (Phi) is 12.1. The first-order chi connectivity index (χ1) is 22.9. The molecule has 0 aliphatic carbocycles. The number of carbonyl (C=O) groups is 6. The predicted octanol–water partition coefficient (Wildman–Crippen LogP) is 1.66. The number of aliphatic carboxylic acids is 1. The summed E-state index contributed by atoms with van der Waals surface area (Å²) in [6, 6.07) is 5.02. The Labute approximate surface area is 279 Å². The summed E-state index contributed by atoms with van der Waals surface area (Å²) in [5, 5.41) is 12.5. The summed E-state index contributed by atoms with van der Waals surface area (Å²) in [5.41, 5.74) is 1.20. The average Bonchev–Trinajstić information content (AvgIpc) is 3.57. The van der Waals surface area contributed by atoms with Crippen molar-refractivity contribution in [3.8, 4) is 5.75 Å². The molecule has 260 valence electrons. The zero-order chi connectivity index (χ0) is 35.0. The maximum Gasteiger partial charge on any atom is 0.409 e. The van der Waals surface area contributed by atoms with Crippen molar-refractivity contribution in [2.75, 3.05) is 59.5 Å². The number of nitrogens with one attached hydrogen (secondary N) is 1. The molecule has 2 N–H and O–H groups in total. The molecule has 0 saturated carbocycles. The van der Waals surface area contributed by atoms with Gasteiger partial charge in [0.05, 0.1) is 12.1 Å². The lowest BCUT2D eigenvalue weighted by atomic mass is 10.1. The highest BCUT2D eigenvalue weighted by atomic mass is 16.6. The van der Waals surface area contributed by atoms with Gasteiger partial charge < -0.3 is 39.5 Å². The van der Waals surface area contributed by atoms with Gasteiger partial charge in [0.2, 0.25) is 11.8 Å². The number of rotatable bonds is 12. The minimum absolute atomic E-state index is 0.0883. The van der Waals surface area contributed by atoms with Crippen LogP contribution in [0.5, 0.6) is 5.75 Å². The summed E-state index contributed by atoms with van der Waals surface area (Å²) >= 11 is 0. The van der Waals surface area contributed by atoms with Crippen molar-refractivity contribution in [3.63, 3.8) is 0 Å². The predicted molar refractivity (Wildman–Crippen MR) is 173 cm³/mol. The van der Waals surface area contributed by atoms with Crippen molar-refractivity contribution < 1.29 is 43.3 Å². The lowest BCUT2D eigenvalue weighted by Crippen LogP contribution is -2.56. The molecule has 5 amide bonds. The molecule has 1 aromatic carbocycles. The smallest absolute Gasteiger partial charge is 0.409 e. The molecule has 2 fully saturated rings. The third-order valence-corrected chi connectivity index (χ3v) is 8.59. The normalized spacial score (nSPS) is 16.8. The molecule has 0 spiro atoms. The van der Waals surface area contributed by atoms with E-state index in [-0.39, 0.29) is 75.5 Å². The van der Waals surface area contributed by atoms with E-state index in [1.54, 1.807) is 31.0 Å². The summed E-state index contributed by atoms with van der Waals surface area (Å²) in [6.07, 6.45) is 0.263. The summed E-state index contributed by atoms with van der Waals surface area (Å²) in [6.45, 7) is 7.09. The number of hydrogen-bond donors (Lipinski definition) is 2. The third-order valence-electron chi connectivity index (χ3n) is 8.59. The molecule has 4 rings (SSSR count). The maximum atomic E-state index is 13.6. The largest absolute Gasteiger partial charge is 0.483 e. The van der Waals surface area contributed by atoms with Crippen molar-refractivity contribution in [1.82, 2.24) is 29.9 Å². The number of hydrogen-bond acceptors (Lipinski definition) is 9. The van der Waals surface area contributed by atoms with Gasteiger partial charge in [-0.3, -0.25) is 24.0 Å². The summed E-state index contributed by atoms with van der Waals surface area (Å²) < 4.78 is 11.0. The van der Waals surface area contributed by atoms with Crippen molar-refractivity contribution in [2.45, 2.75) is 58.5 Å². The van der Waals surface area contributed by atoms with Crippen molar-refractivity contribution >= 4 is 46.6 Å². The summed E-state index contributed by atoms with van der Waals surface area (Å²) in [7, 11) is 1.70. The Bertz CT molecular complexity index is 1540. The van der Waals surface area contributed by atoms with E-state index in [9.17, 15) is 33.9 Å². The molecule has 2 atom stereocenters. The number of piperazine rings is 1. The molecule has 15 heteroatoms. The van der Waals surface area contributed by atoms with Gasteiger partial charge in [0.15, 0.2) is 6.61 Å². The second kappa shape index (κ2) is 16.2.